The van der Waals surface area contributed by atoms with E-state index in [4.69, 9.17) is 16.9 Å². The van der Waals surface area contributed by atoms with Crippen molar-refractivity contribution in [1.82, 2.24) is 9.97 Å². The van der Waals surface area contributed by atoms with E-state index in [2.05, 4.69) is 9.97 Å². The normalized spacial score (nSPS) is 13.1. The van der Waals surface area contributed by atoms with Gasteiger partial charge in [0.15, 0.2) is 0 Å². The average molecular weight is 246 g/mol. The molecule has 1 atom stereocenters. The predicted octanol–water partition coefficient (Wildman–Crippen LogP) is 0.749. The smallest absolute Gasteiger partial charge is 0.227 e. The number of sulfone groups is 1. The van der Waals surface area contributed by atoms with Crippen LogP contribution in [0.15, 0.2) is 17.4 Å². The second-order valence-electron chi connectivity index (χ2n) is 2.85. The maximum Gasteiger partial charge on any atom is 0.248 e. The Morgan fingerprint density at radius 2 is 2.33 bits per heavy atom. The van der Waals surface area contributed by atoms with Crippen molar-refractivity contribution in [2.24, 2.45) is 0 Å². The van der Waals surface area contributed by atoms with E-state index >= 15 is 0 Å². The molecule has 0 spiro atoms. The Kier molecular flexibility index (Phi) is 3.61. The molecule has 1 aromatic rings. The molecule has 0 aliphatic carbocycles. The average Bonchev–Trinajstić information content (AvgIpc) is 2.27. The minimum atomic E-state index is -3.63. The van der Waals surface area contributed by atoms with Gasteiger partial charge in [0.25, 0.3) is 0 Å². The molecule has 0 amide bonds. The van der Waals surface area contributed by atoms with E-state index in [0.29, 0.717) is 0 Å². The van der Waals surface area contributed by atoms with Crippen molar-refractivity contribution in [3.63, 3.8) is 0 Å². The third kappa shape index (κ3) is 2.43. The van der Waals surface area contributed by atoms with Crippen LogP contribution < -0.4 is 0 Å². The van der Waals surface area contributed by atoms with Crippen LogP contribution >= 0.6 is 11.6 Å². The van der Waals surface area contributed by atoms with Gasteiger partial charge in [-0.2, -0.15) is 5.26 Å². The minimum Gasteiger partial charge on any atom is -0.227 e. The van der Waals surface area contributed by atoms with Crippen LogP contribution in [0.4, 0.5) is 0 Å². The van der Waals surface area contributed by atoms with Crippen LogP contribution in [0.1, 0.15) is 12.6 Å². The molecule has 0 saturated carbocycles. The summed E-state index contributed by atoms with van der Waals surface area (Å²) in [5, 5.41) is 7.44. The maximum absolute atomic E-state index is 11.7. The molecule has 0 aliphatic heterocycles. The van der Waals surface area contributed by atoms with Crippen LogP contribution in [0.5, 0.6) is 0 Å². The molecule has 0 aromatic carbocycles. The fraction of sp³-hybridized carbons (Fsp3) is 0.375. The zero-order chi connectivity index (χ0) is 11.5. The SMILES string of the molecule is CC(CCl)S(=O)(=O)c1nccc(C#N)n1. The molecule has 0 radical (unpaired) electrons. The third-order valence-corrected chi connectivity index (χ3v) is 4.33. The molecule has 1 rings (SSSR count). The molecular weight excluding hydrogens is 238 g/mol. The van der Waals surface area contributed by atoms with Gasteiger partial charge in [-0.25, -0.2) is 18.4 Å². The van der Waals surface area contributed by atoms with E-state index in [0.717, 1.165) is 0 Å². The molecule has 0 aliphatic rings. The Hall–Kier alpha value is -1.19. The molecule has 0 bridgehead atoms. The monoisotopic (exact) mass is 245 g/mol. The molecule has 15 heavy (non-hydrogen) atoms. The third-order valence-electron chi connectivity index (χ3n) is 1.75. The number of nitriles is 1. The first-order valence-corrected chi connectivity index (χ1v) is 6.13. The summed E-state index contributed by atoms with van der Waals surface area (Å²) in [6, 6.07) is 3.09. The summed E-state index contributed by atoms with van der Waals surface area (Å²) < 4.78 is 23.4. The summed E-state index contributed by atoms with van der Waals surface area (Å²) in [4.78, 5) is 7.23. The first-order chi connectivity index (χ1) is 7.02. The van der Waals surface area contributed by atoms with Gasteiger partial charge >= 0.3 is 0 Å². The summed E-state index contributed by atoms with van der Waals surface area (Å²) >= 11 is 5.46. The number of aromatic nitrogens is 2. The van der Waals surface area contributed by atoms with Gasteiger partial charge in [-0.1, -0.05) is 0 Å². The van der Waals surface area contributed by atoms with Crippen molar-refractivity contribution in [2.75, 3.05) is 5.88 Å². The number of halogens is 1. The highest BCUT2D eigenvalue weighted by atomic mass is 35.5. The lowest BCUT2D eigenvalue weighted by molar-refractivity contribution is 0.578. The molecule has 1 unspecified atom stereocenters. The van der Waals surface area contributed by atoms with E-state index < -0.39 is 15.1 Å². The Morgan fingerprint density at radius 3 is 2.87 bits per heavy atom. The highest BCUT2D eigenvalue weighted by molar-refractivity contribution is 7.91. The summed E-state index contributed by atoms with van der Waals surface area (Å²) in [5.74, 6) is -0.0392. The first-order valence-electron chi connectivity index (χ1n) is 4.05. The highest BCUT2D eigenvalue weighted by Crippen LogP contribution is 2.12. The Bertz CT molecular complexity index is 495. The van der Waals surface area contributed by atoms with Crippen molar-refractivity contribution in [1.29, 1.82) is 5.26 Å². The van der Waals surface area contributed by atoms with Crippen LogP contribution in [-0.4, -0.2) is 29.5 Å². The summed E-state index contributed by atoms with van der Waals surface area (Å²) in [5.41, 5.74) is 0.0188. The molecule has 1 aromatic heterocycles. The fourth-order valence-electron chi connectivity index (χ4n) is 0.803. The van der Waals surface area contributed by atoms with E-state index in [1.165, 1.54) is 19.2 Å². The van der Waals surface area contributed by atoms with Gasteiger partial charge in [-0.15, -0.1) is 11.6 Å². The second-order valence-corrected chi connectivity index (χ2v) is 5.41. The van der Waals surface area contributed by atoms with Crippen molar-refractivity contribution in [3.8, 4) is 6.07 Å². The van der Waals surface area contributed by atoms with Crippen molar-refractivity contribution in [3.05, 3.63) is 18.0 Å². The number of nitrogens with zero attached hydrogens (tertiary/aromatic N) is 3. The summed E-state index contributed by atoms with van der Waals surface area (Å²) in [6.45, 7) is 1.46. The van der Waals surface area contributed by atoms with Crippen LogP contribution in [0.3, 0.4) is 0 Å². The van der Waals surface area contributed by atoms with E-state index in [9.17, 15) is 8.42 Å². The van der Waals surface area contributed by atoms with Gasteiger partial charge < -0.3 is 0 Å². The van der Waals surface area contributed by atoms with Crippen LogP contribution in [0.25, 0.3) is 0 Å². The van der Waals surface area contributed by atoms with Crippen LogP contribution in [-0.2, 0) is 9.84 Å². The lowest BCUT2D eigenvalue weighted by atomic mass is 10.5. The molecular formula is C8H8ClN3O2S. The lowest BCUT2D eigenvalue weighted by Crippen LogP contribution is -2.22. The first kappa shape index (κ1) is 11.9. The number of alkyl halides is 1. The zero-order valence-electron chi connectivity index (χ0n) is 7.88. The molecule has 5 nitrogen and oxygen atoms in total. The van der Waals surface area contributed by atoms with E-state index in [1.54, 1.807) is 6.07 Å². The zero-order valence-corrected chi connectivity index (χ0v) is 9.46. The number of hydrogen-bond donors (Lipinski definition) is 0. The van der Waals surface area contributed by atoms with Gasteiger partial charge in [-0.05, 0) is 13.0 Å². The fourth-order valence-corrected chi connectivity index (χ4v) is 2.26. The van der Waals surface area contributed by atoms with E-state index in [1.807, 2.05) is 0 Å². The molecule has 1 heterocycles. The lowest BCUT2D eigenvalue weighted by Gasteiger charge is -2.07. The Balaban J connectivity index is 3.23. The predicted molar refractivity (Wildman–Crippen MR) is 54.1 cm³/mol. The number of hydrogen-bond acceptors (Lipinski definition) is 5. The van der Waals surface area contributed by atoms with Crippen molar-refractivity contribution in [2.45, 2.75) is 17.3 Å². The van der Waals surface area contributed by atoms with Gasteiger partial charge in [0, 0.05) is 12.1 Å². The molecule has 80 valence electrons. The molecule has 7 heteroatoms. The van der Waals surface area contributed by atoms with Crippen LogP contribution in [0.2, 0.25) is 0 Å². The topological polar surface area (TPSA) is 83.7 Å². The number of rotatable bonds is 3. The van der Waals surface area contributed by atoms with Crippen molar-refractivity contribution < 1.29 is 8.42 Å². The molecule has 0 saturated heterocycles. The second kappa shape index (κ2) is 4.55. The van der Waals surface area contributed by atoms with Gasteiger partial charge in [-0.3, -0.25) is 0 Å². The van der Waals surface area contributed by atoms with Gasteiger partial charge in [0.1, 0.15) is 11.8 Å². The van der Waals surface area contributed by atoms with Gasteiger partial charge in [0.2, 0.25) is 15.0 Å². The van der Waals surface area contributed by atoms with Crippen LogP contribution in [0, 0.1) is 11.3 Å². The Labute approximate surface area is 92.7 Å². The summed E-state index contributed by atoms with van der Waals surface area (Å²) in [6.07, 6.45) is 1.24. The highest BCUT2D eigenvalue weighted by Gasteiger charge is 2.25. The minimum absolute atomic E-state index is 0.0188. The van der Waals surface area contributed by atoms with E-state index in [-0.39, 0.29) is 16.7 Å². The molecule has 0 N–H and O–H groups in total. The largest absolute Gasteiger partial charge is 0.248 e. The molecule has 0 fully saturated rings. The standard InChI is InChI=1S/C8H8ClN3O2S/c1-6(4-9)15(13,14)8-11-3-2-7(5-10)12-8/h2-3,6H,4H2,1H3. The van der Waals surface area contributed by atoms with Crippen molar-refractivity contribution >= 4 is 21.4 Å². The summed E-state index contributed by atoms with van der Waals surface area (Å²) in [7, 11) is -3.63. The van der Waals surface area contributed by atoms with Gasteiger partial charge in [0.05, 0.1) is 5.25 Å². The quantitative estimate of drug-likeness (QED) is 0.580. The Morgan fingerprint density at radius 1 is 1.67 bits per heavy atom. The maximum atomic E-state index is 11.7.